The van der Waals surface area contributed by atoms with E-state index in [1.54, 1.807) is 25.2 Å². The summed E-state index contributed by atoms with van der Waals surface area (Å²) in [6.07, 6.45) is 5.52. The van der Waals surface area contributed by atoms with Gasteiger partial charge in [0.2, 0.25) is 0 Å². The van der Waals surface area contributed by atoms with Crippen LogP contribution in [-0.4, -0.2) is 37.7 Å². The Kier molecular flexibility index (Phi) is 7.61. The molecule has 0 bridgehead atoms. The topological polar surface area (TPSA) is 61.8 Å². The van der Waals surface area contributed by atoms with Gasteiger partial charge in [-0.2, -0.15) is 8.78 Å². The molecule has 0 spiro atoms. The third-order valence-electron chi connectivity index (χ3n) is 4.81. The zero-order valence-electron chi connectivity index (χ0n) is 16.6. The van der Waals surface area contributed by atoms with E-state index in [0.29, 0.717) is 24.6 Å². The lowest BCUT2D eigenvalue weighted by molar-refractivity contribution is -0.0504. The number of halogens is 2. The largest absolute Gasteiger partial charge is 0.434 e. The molecule has 0 atom stereocenters. The molecule has 2 heterocycles. The maximum atomic E-state index is 12.6. The fraction of sp³-hybridized carbons (Fsp3) is 0.429. The number of alkyl halides is 2. The van der Waals surface area contributed by atoms with E-state index >= 15 is 0 Å². The molecule has 156 valence electrons. The minimum absolute atomic E-state index is 0.158. The summed E-state index contributed by atoms with van der Waals surface area (Å²) in [5.74, 6) is 1.74. The summed E-state index contributed by atoms with van der Waals surface area (Å²) in [7, 11) is 1.67. The van der Waals surface area contributed by atoms with Crippen molar-refractivity contribution in [2.24, 2.45) is 4.99 Å². The van der Waals surface area contributed by atoms with Crippen molar-refractivity contribution in [1.29, 1.82) is 0 Å². The normalized spacial score (nSPS) is 14.8. The molecule has 8 heteroatoms. The minimum Gasteiger partial charge on any atom is -0.434 e. The SMILES string of the molecule is CN=C(NCc1ccnc(N2CCCCC2)c1)NCc1ccccc1OC(F)F. The summed E-state index contributed by atoms with van der Waals surface area (Å²) in [5.41, 5.74) is 1.73. The number of rotatable bonds is 7. The molecule has 1 aromatic heterocycles. The van der Waals surface area contributed by atoms with Gasteiger partial charge < -0.3 is 20.3 Å². The highest BCUT2D eigenvalue weighted by molar-refractivity contribution is 5.79. The third kappa shape index (κ3) is 6.30. The molecule has 2 N–H and O–H groups in total. The van der Waals surface area contributed by atoms with Gasteiger partial charge in [0.1, 0.15) is 11.6 Å². The van der Waals surface area contributed by atoms with Crippen molar-refractivity contribution in [1.82, 2.24) is 15.6 Å². The highest BCUT2D eigenvalue weighted by atomic mass is 19.3. The van der Waals surface area contributed by atoms with Crippen molar-refractivity contribution < 1.29 is 13.5 Å². The van der Waals surface area contributed by atoms with E-state index in [1.165, 1.54) is 25.3 Å². The van der Waals surface area contributed by atoms with Gasteiger partial charge in [-0.3, -0.25) is 4.99 Å². The van der Waals surface area contributed by atoms with E-state index < -0.39 is 6.61 Å². The second-order valence-electron chi connectivity index (χ2n) is 6.84. The Hall–Kier alpha value is -2.90. The van der Waals surface area contributed by atoms with Gasteiger partial charge in [0, 0.05) is 45.0 Å². The summed E-state index contributed by atoms with van der Waals surface area (Å²) in [6, 6.07) is 10.8. The molecule has 1 fully saturated rings. The zero-order valence-corrected chi connectivity index (χ0v) is 16.6. The Balaban J connectivity index is 1.55. The van der Waals surface area contributed by atoms with E-state index in [2.05, 4.69) is 36.3 Å². The van der Waals surface area contributed by atoms with Crippen molar-refractivity contribution in [3.63, 3.8) is 0 Å². The molecular formula is C21H27F2N5O. The van der Waals surface area contributed by atoms with Gasteiger partial charge >= 0.3 is 6.61 Å². The smallest absolute Gasteiger partial charge is 0.387 e. The van der Waals surface area contributed by atoms with Crippen molar-refractivity contribution >= 4 is 11.8 Å². The van der Waals surface area contributed by atoms with E-state index in [-0.39, 0.29) is 5.75 Å². The van der Waals surface area contributed by atoms with Crippen molar-refractivity contribution in [3.8, 4) is 5.75 Å². The predicted octanol–water partition coefficient (Wildman–Crippen LogP) is 3.54. The lowest BCUT2D eigenvalue weighted by atomic mass is 10.1. The van der Waals surface area contributed by atoms with Gasteiger partial charge in [-0.05, 0) is 43.0 Å². The molecule has 6 nitrogen and oxygen atoms in total. The number of para-hydroxylation sites is 1. The van der Waals surface area contributed by atoms with Crippen molar-refractivity contribution in [2.75, 3.05) is 25.0 Å². The first-order chi connectivity index (χ1) is 14.2. The molecule has 0 saturated carbocycles. The molecule has 0 radical (unpaired) electrons. The van der Waals surface area contributed by atoms with Crippen LogP contribution in [0.25, 0.3) is 0 Å². The quantitative estimate of drug-likeness (QED) is 0.547. The zero-order chi connectivity index (χ0) is 20.5. The highest BCUT2D eigenvalue weighted by Gasteiger charge is 2.13. The summed E-state index contributed by atoms with van der Waals surface area (Å²) >= 11 is 0. The molecule has 3 rings (SSSR count). The standard InChI is InChI=1S/C21H27F2N5O/c1-24-21(27-15-17-7-3-4-8-18(17)29-20(22)23)26-14-16-9-10-25-19(13-16)28-11-5-2-6-12-28/h3-4,7-10,13,20H,2,5-6,11-12,14-15H2,1H3,(H2,24,26,27). The van der Waals surface area contributed by atoms with Gasteiger partial charge in [0.15, 0.2) is 5.96 Å². The van der Waals surface area contributed by atoms with Crippen LogP contribution in [0.5, 0.6) is 5.75 Å². The van der Waals surface area contributed by atoms with E-state index in [1.807, 2.05) is 12.3 Å². The molecule has 1 aliphatic rings. The van der Waals surface area contributed by atoms with Gasteiger partial charge in [-0.1, -0.05) is 18.2 Å². The lowest BCUT2D eigenvalue weighted by Crippen LogP contribution is -2.36. The first-order valence-electron chi connectivity index (χ1n) is 9.83. The molecule has 0 unspecified atom stereocenters. The fourth-order valence-corrected chi connectivity index (χ4v) is 3.31. The van der Waals surface area contributed by atoms with Gasteiger partial charge in [0.25, 0.3) is 0 Å². The number of pyridine rings is 1. The Morgan fingerprint density at radius 3 is 2.66 bits per heavy atom. The first-order valence-corrected chi connectivity index (χ1v) is 9.83. The average Bonchev–Trinajstić information content (AvgIpc) is 2.75. The number of hydrogen-bond donors (Lipinski definition) is 2. The third-order valence-corrected chi connectivity index (χ3v) is 4.81. The van der Waals surface area contributed by atoms with Gasteiger partial charge in [-0.25, -0.2) is 4.98 Å². The molecule has 0 amide bonds. The van der Waals surface area contributed by atoms with Crippen LogP contribution in [0.3, 0.4) is 0 Å². The molecule has 1 aromatic carbocycles. The number of aromatic nitrogens is 1. The molecular weight excluding hydrogens is 376 g/mol. The predicted molar refractivity (Wildman–Crippen MR) is 110 cm³/mol. The van der Waals surface area contributed by atoms with Crippen molar-refractivity contribution in [2.45, 2.75) is 39.0 Å². The number of ether oxygens (including phenoxy) is 1. The molecule has 0 aliphatic carbocycles. The van der Waals surface area contributed by atoms with Gasteiger partial charge in [0.05, 0.1) is 0 Å². The number of piperidine rings is 1. The summed E-state index contributed by atoms with van der Waals surface area (Å²) in [5, 5.41) is 6.39. The number of guanidine groups is 1. The number of nitrogens with one attached hydrogen (secondary N) is 2. The van der Waals surface area contributed by atoms with Gasteiger partial charge in [-0.15, -0.1) is 0 Å². The van der Waals surface area contributed by atoms with Crippen molar-refractivity contribution in [3.05, 3.63) is 53.7 Å². The van der Waals surface area contributed by atoms with Crippen LogP contribution in [0.1, 0.15) is 30.4 Å². The van der Waals surface area contributed by atoms with Crippen LogP contribution in [0.4, 0.5) is 14.6 Å². The number of anilines is 1. The number of aliphatic imine (C=N–C) groups is 1. The Morgan fingerprint density at radius 1 is 1.14 bits per heavy atom. The van der Waals surface area contributed by atoms with Crippen LogP contribution in [0, 0.1) is 0 Å². The van der Waals surface area contributed by atoms with Crippen LogP contribution < -0.4 is 20.3 Å². The van der Waals surface area contributed by atoms with Crippen LogP contribution in [0.2, 0.25) is 0 Å². The Morgan fingerprint density at radius 2 is 1.90 bits per heavy atom. The number of hydrogen-bond acceptors (Lipinski definition) is 4. The average molecular weight is 403 g/mol. The van der Waals surface area contributed by atoms with E-state index in [9.17, 15) is 8.78 Å². The fourth-order valence-electron chi connectivity index (χ4n) is 3.31. The van der Waals surface area contributed by atoms with E-state index in [0.717, 1.165) is 24.5 Å². The molecule has 29 heavy (non-hydrogen) atoms. The summed E-state index contributed by atoms with van der Waals surface area (Å²) in [6.45, 7) is 0.144. The lowest BCUT2D eigenvalue weighted by Gasteiger charge is -2.28. The summed E-state index contributed by atoms with van der Waals surface area (Å²) < 4.78 is 29.7. The highest BCUT2D eigenvalue weighted by Crippen LogP contribution is 2.20. The first kappa shape index (κ1) is 20.8. The maximum absolute atomic E-state index is 12.6. The maximum Gasteiger partial charge on any atom is 0.387 e. The number of benzene rings is 1. The van der Waals surface area contributed by atoms with Crippen LogP contribution in [0.15, 0.2) is 47.6 Å². The van der Waals surface area contributed by atoms with Crippen LogP contribution in [-0.2, 0) is 13.1 Å². The summed E-state index contributed by atoms with van der Waals surface area (Å²) in [4.78, 5) is 11.0. The Labute approximate surface area is 170 Å². The van der Waals surface area contributed by atoms with E-state index in [4.69, 9.17) is 0 Å². The Bertz CT molecular complexity index is 809. The second-order valence-corrected chi connectivity index (χ2v) is 6.84. The minimum atomic E-state index is -2.85. The molecule has 1 saturated heterocycles. The van der Waals surface area contributed by atoms with Crippen LogP contribution >= 0.6 is 0 Å². The monoisotopic (exact) mass is 403 g/mol. The number of nitrogens with zero attached hydrogens (tertiary/aromatic N) is 3. The second kappa shape index (κ2) is 10.6. The molecule has 1 aliphatic heterocycles. The molecule has 2 aromatic rings.